The van der Waals surface area contributed by atoms with Crippen LogP contribution in [0.1, 0.15) is 21.7 Å². The fraction of sp³-hybridized carbons (Fsp3) is 0.120. The normalized spacial score (nSPS) is 14.7. The number of anilines is 1. The molecular weight excluding hydrogens is 529 g/mol. The Labute approximate surface area is 216 Å². The van der Waals surface area contributed by atoms with Crippen LogP contribution in [0.5, 0.6) is 5.75 Å². The van der Waals surface area contributed by atoms with Gasteiger partial charge in [0.1, 0.15) is 23.8 Å². The lowest BCUT2D eigenvalue weighted by Crippen LogP contribution is -2.36. The van der Waals surface area contributed by atoms with Gasteiger partial charge in [-0.1, -0.05) is 12.1 Å². The fourth-order valence-electron chi connectivity index (χ4n) is 3.47. The number of carbonyl (C=O) groups is 4. The lowest BCUT2D eigenvalue weighted by Gasteiger charge is -2.16. The second-order valence-electron chi connectivity index (χ2n) is 7.82. The number of hydrogen-bond acceptors (Lipinski definition) is 7. The van der Waals surface area contributed by atoms with Crippen LogP contribution in [0.4, 0.5) is 23.7 Å². The van der Waals surface area contributed by atoms with Crippen molar-refractivity contribution >= 4 is 46.5 Å². The summed E-state index contributed by atoms with van der Waals surface area (Å²) in [6, 6.07) is 11.6. The van der Waals surface area contributed by atoms with E-state index >= 15 is 0 Å². The van der Waals surface area contributed by atoms with Gasteiger partial charge in [0.15, 0.2) is 0 Å². The maximum absolute atomic E-state index is 13.0. The summed E-state index contributed by atoms with van der Waals surface area (Å²) in [5, 5.41) is 10.6. The third-order valence-corrected chi connectivity index (χ3v) is 6.18. The van der Waals surface area contributed by atoms with Crippen molar-refractivity contribution < 1.29 is 46.6 Å². The Kier molecular flexibility index (Phi) is 7.30. The summed E-state index contributed by atoms with van der Waals surface area (Å²) >= 11 is 0.557. The second kappa shape index (κ2) is 10.5. The number of carboxylic acids is 1. The first-order chi connectivity index (χ1) is 18.0. The Bertz CT molecular complexity index is 1480. The van der Waals surface area contributed by atoms with Gasteiger partial charge in [-0.3, -0.25) is 19.3 Å². The maximum Gasteiger partial charge on any atom is 0.416 e. The van der Waals surface area contributed by atoms with E-state index < -0.39 is 41.3 Å². The van der Waals surface area contributed by atoms with E-state index in [1.807, 2.05) is 0 Å². The molecule has 1 aliphatic heterocycles. The molecule has 0 radical (unpaired) electrons. The van der Waals surface area contributed by atoms with Gasteiger partial charge in [-0.15, -0.1) is 0 Å². The highest BCUT2D eigenvalue weighted by molar-refractivity contribution is 8.18. The van der Waals surface area contributed by atoms with Crippen LogP contribution in [-0.4, -0.2) is 46.7 Å². The predicted molar refractivity (Wildman–Crippen MR) is 130 cm³/mol. The van der Waals surface area contributed by atoms with Crippen molar-refractivity contribution in [2.24, 2.45) is 0 Å². The van der Waals surface area contributed by atoms with E-state index in [-0.39, 0.29) is 27.7 Å². The van der Waals surface area contributed by atoms with Gasteiger partial charge >= 0.3 is 12.1 Å². The highest BCUT2D eigenvalue weighted by Crippen LogP contribution is 2.36. The number of rotatable bonds is 7. The summed E-state index contributed by atoms with van der Waals surface area (Å²) in [7, 11) is 1.21. The number of imide groups is 1. The number of benzene rings is 2. The van der Waals surface area contributed by atoms with Crippen LogP contribution in [0.25, 0.3) is 17.4 Å². The Balaban J connectivity index is 1.47. The van der Waals surface area contributed by atoms with E-state index in [1.54, 1.807) is 18.2 Å². The molecule has 2 N–H and O–H groups in total. The van der Waals surface area contributed by atoms with Gasteiger partial charge in [0.05, 0.1) is 28.8 Å². The molecule has 0 unspecified atom stereocenters. The number of halogens is 3. The van der Waals surface area contributed by atoms with Crippen molar-refractivity contribution in [3.63, 3.8) is 0 Å². The number of aromatic carboxylic acids is 1. The fourth-order valence-corrected chi connectivity index (χ4v) is 4.29. The number of methoxy groups -OCH3 is 1. The van der Waals surface area contributed by atoms with Crippen LogP contribution < -0.4 is 10.1 Å². The molecule has 4 rings (SSSR count). The van der Waals surface area contributed by atoms with Gasteiger partial charge in [-0.25, -0.2) is 4.79 Å². The van der Waals surface area contributed by atoms with Gasteiger partial charge in [0.2, 0.25) is 5.91 Å². The molecule has 1 fully saturated rings. The van der Waals surface area contributed by atoms with E-state index in [4.69, 9.17) is 14.3 Å². The quantitative estimate of drug-likeness (QED) is 0.380. The minimum absolute atomic E-state index is 0.0390. The van der Waals surface area contributed by atoms with Crippen LogP contribution in [-0.2, 0) is 15.8 Å². The molecule has 1 aromatic heterocycles. The SMILES string of the molecule is COc1ccc(C(F)(F)F)cc1NC(=O)CN1C(=O)S/C(=C\c2ccc(-c3cccc(C(=O)O)c3)o2)C1=O. The van der Waals surface area contributed by atoms with Gasteiger partial charge in [0, 0.05) is 11.6 Å². The van der Waals surface area contributed by atoms with Crippen LogP contribution in [0, 0.1) is 0 Å². The molecule has 0 atom stereocenters. The number of nitrogens with one attached hydrogen (secondary N) is 1. The molecule has 38 heavy (non-hydrogen) atoms. The van der Waals surface area contributed by atoms with Crippen molar-refractivity contribution in [3.05, 3.63) is 76.4 Å². The van der Waals surface area contributed by atoms with E-state index in [2.05, 4.69) is 5.32 Å². The summed E-state index contributed by atoms with van der Waals surface area (Å²) in [6.45, 7) is -0.743. The molecule has 1 aliphatic rings. The number of carbonyl (C=O) groups excluding carboxylic acids is 3. The molecule has 3 amide bonds. The molecular formula is C25H17F3N2O7S. The first-order valence-electron chi connectivity index (χ1n) is 10.7. The Morgan fingerprint density at radius 2 is 1.89 bits per heavy atom. The average Bonchev–Trinajstić information content (AvgIpc) is 3.44. The third kappa shape index (κ3) is 5.72. The Morgan fingerprint density at radius 3 is 2.58 bits per heavy atom. The molecule has 0 spiro atoms. The van der Waals surface area contributed by atoms with Crippen LogP contribution in [0.3, 0.4) is 0 Å². The molecule has 3 aromatic rings. The van der Waals surface area contributed by atoms with Crippen LogP contribution in [0.15, 0.2) is 63.9 Å². The predicted octanol–water partition coefficient (Wildman–Crippen LogP) is 5.35. The molecule has 196 valence electrons. The van der Waals surface area contributed by atoms with Crippen LogP contribution in [0.2, 0.25) is 0 Å². The van der Waals surface area contributed by atoms with Crippen molar-refractivity contribution in [2.75, 3.05) is 19.0 Å². The minimum atomic E-state index is -4.66. The minimum Gasteiger partial charge on any atom is -0.495 e. The number of carboxylic acid groups (broad SMARTS) is 1. The van der Waals surface area contributed by atoms with Crippen molar-refractivity contribution in [3.8, 4) is 17.1 Å². The van der Waals surface area contributed by atoms with Crippen molar-refractivity contribution in [1.29, 1.82) is 0 Å². The first-order valence-corrected chi connectivity index (χ1v) is 11.5. The number of thioether (sulfide) groups is 1. The van der Waals surface area contributed by atoms with Gasteiger partial charge in [-0.2, -0.15) is 13.2 Å². The smallest absolute Gasteiger partial charge is 0.416 e. The largest absolute Gasteiger partial charge is 0.495 e. The number of furan rings is 1. The third-order valence-electron chi connectivity index (χ3n) is 5.27. The number of nitrogens with zero attached hydrogens (tertiary/aromatic N) is 1. The number of amides is 3. The Hall–Kier alpha value is -4.52. The summed E-state index contributed by atoms with van der Waals surface area (Å²) in [5.41, 5.74) is -0.748. The van der Waals surface area contributed by atoms with Crippen molar-refractivity contribution in [2.45, 2.75) is 6.18 Å². The average molecular weight is 546 g/mol. The monoisotopic (exact) mass is 546 g/mol. The zero-order valence-electron chi connectivity index (χ0n) is 19.4. The highest BCUT2D eigenvalue weighted by atomic mass is 32.2. The number of hydrogen-bond donors (Lipinski definition) is 2. The molecule has 0 saturated carbocycles. The van der Waals surface area contributed by atoms with Crippen LogP contribution >= 0.6 is 11.8 Å². The zero-order chi connectivity index (χ0) is 27.6. The molecule has 1 saturated heterocycles. The molecule has 0 aliphatic carbocycles. The first kappa shape index (κ1) is 26.5. The van der Waals surface area contributed by atoms with Gasteiger partial charge in [-0.05, 0) is 54.2 Å². The van der Waals surface area contributed by atoms with Gasteiger partial charge < -0.3 is 19.6 Å². The standard InChI is InChI=1S/C25H17F3N2O7S/c1-36-19-7-5-15(25(26,27)28)10-17(19)29-21(31)12-30-22(32)20(38-24(30)35)11-16-6-8-18(37-16)13-3-2-4-14(9-13)23(33)34/h2-11H,12H2,1H3,(H,29,31)(H,33,34)/b20-11-. The molecule has 2 heterocycles. The van der Waals surface area contributed by atoms with Crippen molar-refractivity contribution in [1.82, 2.24) is 4.90 Å². The van der Waals surface area contributed by atoms with E-state index in [1.165, 1.54) is 31.4 Å². The highest BCUT2D eigenvalue weighted by Gasteiger charge is 2.37. The van der Waals surface area contributed by atoms with E-state index in [9.17, 15) is 32.3 Å². The van der Waals surface area contributed by atoms with E-state index in [0.717, 1.165) is 12.1 Å². The molecule has 2 aromatic carbocycles. The zero-order valence-corrected chi connectivity index (χ0v) is 20.2. The summed E-state index contributed by atoms with van der Waals surface area (Å²) < 4.78 is 49.8. The second-order valence-corrected chi connectivity index (χ2v) is 8.81. The number of ether oxygens (including phenoxy) is 1. The summed E-state index contributed by atoms with van der Waals surface area (Å²) in [5.74, 6) is -2.33. The van der Waals surface area contributed by atoms with Gasteiger partial charge in [0.25, 0.3) is 11.1 Å². The lowest BCUT2D eigenvalue weighted by atomic mass is 10.1. The molecule has 9 nitrogen and oxygen atoms in total. The number of alkyl halides is 3. The summed E-state index contributed by atoms with van der Waals surface area (Å²) in [6.07, 6.45) is -3.36. The van der Waals surface area contributed by atoms with E-state index in [0.29, 0.717) is 34.1 Å². The maximum atomic E-state index is 13.0. The topological polar surface area (TPSA) is 126 Å². The molecule has 13 heteroatoms. The summed E-state index contributed by atoms with van der Waals surface area (Å²) in [4.78, 5) is 49.5. The Morgan fingerprint density at radius 1 is 1.13 bits per heavy atom. The lowest BCUT2D eigenvalue weighted by molar-refractivity contribution is -0.137. The molecule has 0 bridgehead atoms.